The van der Waals surface area contributed by atoms with Gasteiger partial charge in [0, 0.05) is 6.54 Å². The van der Waals surface area contributed by atoms with Gasteiger partial charge in [0.15, 0.2) is 0 Å². The van der Waals surface area contributed by atoms with E-state index in [4.69, 9.17) is 0 Å². The lowest BCUT2D eigenvalue weighted by atomic mass is 10.0. The van der Waals surface area contributed by atoms with Crippen molar-refractivity contribution in [2.75, 3.05) is 24.6 Å². The summed E-state index contributed by atoms with van der Waals surface area (Å²) in [5.41, 5.74) is -0.522. The van der Waals surface area contributed by atoms with Gasteiger partial charge in [0.2, 0.25) is 0 Å². The maximum absolute atomic E-state index is 9.73. The molecule has 1 heterocycles. The molecule has 0 saturated carbocycles. The molecule has 13 heavy (non-hydrogen) atoms. The van der Waals surface area contributed by atoms with E-state index in [9.17, 15) is 5.11 Å². The van der Waals surface area contributed by atoms with E-state index in [2.05, 4.69) is 5.32 Å². The number of nitrogens with one attached hydrogen (secondary N) is 1. The van der Waals surface area contributed by atoms with Gasteiger partial charge in [-0.3, -0.25) is 0 Å². The van der Waals surface area contributed by atoms with Gasteiger partial charge in [0.1, 0.15) is 0 Å². The summed E-state index contributed by atoms with van der Waals surface area (Å²) in [6, 6.07) is 0. The minimum absolute atomic E-state index is 0.522. The van der Waals surface area contributed by atoms with Crippen LogP contribution in [0.4, 0.5) is 0 Å². The maximum Gasteiger partial charge on any atom is 0.0740 e. The van der Waals surface area contributed by atoms with Crippen molar-refractivity contribution in [1.82, 2.24) is 5.32 Å². The Morgan fingerprint density at radius 1 is 1.62 bits per heavy atom. The largest absolute Gasteiger partial charge is 0.389 e. The Hall–Kier alpha value is 0.270. The second-order valence-electron chi connectivity index (χ2n) is 4.21. The van der Waals surface area contributed by atoms with Crippen molar-refractivity contribution in [3.05, 3.63) is 0 Å². The van der Waals surface area contributed by atoms with Crippen LogP contribution in [0.25, 0.3) is 0 Å². The lowest BCUT2D eigenvalue weighted by molar-refractivity contribution is 0.0552. The van der Waals surface area contributed by atoms with Crippen LogP contribution >= 0.6 is 11.8 Å². The molecule has 2 unspecified atom stereocenters. The molecule has 0 aromatic heterocycles. The highest BCUT2D eigenvalue weighted by Crippen LogP contribution is 2.22. The van der Waals surface area contributed by atoms with Crippen LogP contribution in [0.15, 0.2) is 0 Å². The molecular weight excluding hydrogens is 182 g/mol. The number of thioether (sulfide) groups is 1. The summed E-state index contributed by atoms with van der Waals surface area (Å²) < 4.78 is 0. The van der Waals surface area contributed by atoms with E-state index in [1.54, 1.807) is 0 Å². The van der Waals surface area contributed by atoms with E-state index < -0.39 is 5.60 Å². The van der Waals surface area contributed by atoms with Crippen molar-refractivity contribution in [3.8, 4) is 0 Å². The van der Waals surface area contributed by atoms with E-state index in [-0.39, 0.29) is 0 Å². The standard InChI is InChI=1S/C10H21NOS/c1-3-10(2,12)8-11-6-9-4-5-13-7-9/h9,11-12H,3-8H2,1-2H3. The average Bonchev–Trinajstić information content (AvgIpc) is 2.57. The van der Waals surface area contributed by atoms with Crippen molar-refractivity contribution in [1.29, 1.82) is 0 Å². The molecule has 0 aromatic carbocycles. The van der Waals surface area contributed by atoms with Crippen molar-refractivity contribution >= 4 is 11.8 Å². The van der Waals surface area contributed by atoms with Crippen molar-refractivity contribution in [2.45, 2.75) is 32.3 Å². The Labute approximate surface area is 85.5 Å². The van der Waals surface area contributed by atoms with Gasteiger partial charge < -0.3 is 10.4 Å². The van der Waals surface area contributed by atoms with Crippen LogP contribution < -0.4 is 5.32 Å². The van der Waals surface area contributed by atoms with Crippen molar-refractivity contribution in [2.24, 2.45) is 5.92 Å². The predicted molar refractivity (Wildman–Crippen MR) is 59.2 cm³/mol. The summed E-state index contributed by atoms with van der Waals surface area (Å²) in [5.74, 6) is 3.44. The summed E-state index contributed by atoms with van der Waals surface area (Å²) in [6.07, 6.45) is 2.16. The minimum atomic E-state index is -0.522. The summed E-state index contributed by atoms with van der Waals surface area (Å²) >= 11 is 2.04. The van der Waals surface area contributed by atoms with E-state index in [0.29, 0.717) is 0 Å². The highest BCUT2D eigenvalue weighted by molar-refractivity contribution is 7.99. The lowest BCUT2D eigenvalue weighted by Crippen LogP contribution is -2.39. The molecule has 1 aliphatic rings. The topological polar surface area (TPSA) is 32.3 Å². The van der Waals surface area contributed by atoms with Gasteiger partial charge in [-0.2, -0.15) is 11.8 Å². The van der Waals surface area contributed by atoms with Crippen molar-refractivity contribution < 1.29 is 5.11 Å². The van der Waals surface area contributed by atoms with Crippen LogP contribution in [0, 0.1) is 5.92 Å². The summed E-state index contributed by atoms with van der Waals surface area (Å²) in [7, 11) is 0. The normalized spacial score (nSPS) is 27.5. The third-order valence-electron chi connectivity index (χ3n) is 2.72. The number of hydrogen-bond donors (Lipinski definition) is 2. The fourth-order valence-corrected chi connectivity index (χ4v) is 2.70. The quantitative estimate of drug-likeness (QED) is 0.710. The Kier molecular flexibility index (Phi) is 4.56. The molecule has 0 radical (unpaired) electrons. The molecule has 1 aliphatic heterocycles. The van der Waals surface area contributed by atoms with E-state index in [1.165, 1.54) is 17.9 Å². The van der Waals surface area contributed by atoms with Gasteiger partial charge in [-0.15, -0.1) is 0 Å². The molecule has 1 fully saturated rings. The molecule has 0 amide bonds. The van der Waals surface area contributed by atoms with Gasteiger partial charge in [0.05, 0.1) is 5.60 Å². The Morgan fingerprint density at radius 3 is 2.92 bits per heavy atom. The summed E-state index contributed by atoms with van der Waals surface area (Å²) in [6.45, 7) is 5.71. The third-order valence-corrected chi connectivity index (χ3v) is 3.96. The maximum atomic E-state index is 9.73. The predicted octanol–water partition coefficient (Wildman–Crippen LogP) is 1.49. The smallest absolute Gasteiger partial charge is 0.0740 e. The molecule has 2 nitrogen and oxygen atoms in total. The van der Waals surface area contributed by atoms with Crippen LogP contribution in [-0.2, 0) is 0 Å². The zero-order chi connectivity index (χ0) is 9.73. The molecule has 0 spiro atoms. The van der Waals surface area contributed by atoms with Gasteiger partial charge >= 0.3 is 0 Å². The van der Waals surface area contributed by atoms with E-state index >= 15 is 0 Å². The van der Waals surface area contributed by atoms with Crippen LogP contribution in [0.5, 0.6) is 0 Å². The van der Waals surface area contributed by atoms with Crippen LogP contribution in [-0.4, -0.2) is 35.3 Å². The monoisotopic (exact) mass is 203 g/mol. The van der Waals surface area contributed by atoms with Crippen LogP contribution in [0.2, 0.25) is 0 Å². The summed E-state index contributed by atoms with van der Waals surface area (Å²) in [5, 5.41) is 13.1. The first kappa shape index (κ1) is 11.3. The first-order chi connectivity index (χ1) is 6.14. The number of hydrogen-bond acceptors (Lipinski definition) is 3. The minimum Gasteiger partial charge on any atom is -0.389 e. The Balaban J connectivity index is 2.06. The first-order valence-corrected chi connectivity index (χ1v) is 6.30. The zero-order valence-corrected chi connectivity index (χ0v) is 9.49. The van der Waals surface area contributed by atoms with E-state index in [0.717, 1.165) is 25.4 Å². The number of aliphatic hydroxyl groups is 1. The van der Waals surface area contributed by atoms with Gasteiger partial charge in [-0.25, -0.2) is 0 Å². The molecule has 0 aromatic rings. The molecule has 78 valence electrons. The van der Waals surface area contributed by atoms with Gasteiger partial charge in [0.25, 0.3) is 0 Å². The second kappa shape index (κ2) is 5.23. The molecular formula is C10H21NOS. The summed E-state index contributed by atoms with van der Waals surface area (Å²) in [4.78, 5) is 0. The third kappa shape index (κ3) is 4.34. The molecule has 2 atom stereocenters. The molecule has 1 saturated heterocycles. The Bertz CT molecular complexity index is 144. The number of rotatable bonds is 5. The lowest BCUT2D eigenvalue weighted by Gasteiger charge is -2.22. The molecule has 3 heteroatoms. The van der Waals surface area contributed by atoms with Crippen LogP contribution in [0.1, 0.15) is 26.7 Å². The Morgan fingerprint density at radius 2 is 2.38 bits per heavy atom. The molecule has 0 bridgehead atoms. The highest BCUT2D eigenvalue weighted by Gasteiger charge is 2.19. The first-order valence-electron chi connectivity index (χ1n) is 5.15. The fourth-order valence-electron chi connectivity index (χ4n) is 1.41. The van der Waals surface area contributed by atoms with E-state index in [1.807, 2.05) is 25.6 Å². The molecule has 2 N–H and O–H groups in total. The second-order valence-corrected chi connectivity index (χ2v) is 5.36. The zero-order valence-electron chi connectivity index (χ0n) is 8.68. The van der Waals surface area contributed by atoms with Gasteiger partial charge in [-0.05, 0) is 43.7 Å². The highest BCUT2D eigenvalue weighted by atomic mass is 32.2. The van der Waals surface area contributed by atoms with Crippen LogP contribution in [0.3, 0.4) is 0 Å². The SMILES string of the molecule is CCC(C)(O)CNCC1CCSC1. The fraction of sp³-hybridized carbons (Fsp3) is 1.00. The molecule has 0 aliphatic carbocycles. The van der Waals surface area contributed by atoms with Crippen molar-refractivity contribution in [3.63, 3.8) is 0 Å². The molecule has 1 rings (SSSR count). The average molecular weight is 203 g/mol. The van der Waals surface area contributed by atoms with Gasteiger partial charge in [-0.1, -0.05) is 6.92 Å².